The van der Waals surface area contributed by atoms with E-state index in [1.165, 1.54) is 0 Å². The first-order valence-corrected chi connectivity index (χ1v) is 7.01. The van der Waals surface area contributed by atoms with Gasteiger partial charge in [0.15, 0.2) is 5.57 Å². The summed E-state index contributed by atoms with van der Waals surface area (Å²) < 4.78 is 4.83. The maximum absolute atomic E-state index is 11.7. The van der Waals surface area contributed by atoms with Crippen molar-refractivity contribution in [3.05, 3.63) is 35.4 Å². The number of carbonyl (C=O) groups excluding carboxylic acids is 1. The van der Waals surface area contributed by atoms with Crippen LogP contribution in [0.2, 0.25) is 0 Å². The van der Waals surface area contributed by atoms with E-state index < -0.39 is 5.97 Å². The molecule has 5 nitrogen and oxygen atoms in total. The molecule has 0 unspecified atom stereocenters. The van der Waals surface area contributed by atoms with E-state index >= 15 is 0 Å². The van der Waals surface area contributed by atoms with Crippen molar-refractivity contribution in [1.29, 1.82) is 5.26 Å². The highest BCUT2D eigenvalue weighted by molar-refractivity contribution is 6.01. The van der Waals surface area contributed by atoms with Gasteiger partial charge in [-0.25, -0.2) is 4.79 Å². The number of ether oxygens (including phenoxy) is 1. The quantitative estimate of drug-likeness (QED) is 0.493. The highest BCUT2D eigenvalue weighted by atomic mass is 16.5. The molecule has 1 aromatic rings. The lowest BCUT2D eigenvalue weighted by Gasteiger charge is -2.21. The van der Waals surface area contributed by atoms with Crippen LogP contribution in [0.25, 0.3) is 5.70 Å². The molecule has 1 rings (SSSR count). The molecule has 0 amide bonds. The lowest BCUT2D eigenvalue weighted by atomic mass is 10.1. The van der Waals surface area contributed by atoms with Gasteiger partial charge in [-0.15, -0.1) is 0 Å². The molecule has 2 N–H and O–H groups in total. The van der Waals surface area contributed by atoms with Crippen LogP contribution in [0.4, 0.5) is 5.69 Å². The predicted octanol–water partition coefficient (Wildman–Crippen LogP) is 2.29. The number of rotatable bonds is 6. The Bertz CT molecular complexity index is 552. The van der Waals surface area contributed by atoms with Gasteiger partial charge in [-0.1, -0.05) is 12.1 Å². The smallest absolute Gasteiger partial charge is 0.351 e. The Kier molecular flexibility index (Phi) is 6.28. The number of nitriles is 1. The number of benzene rings is 1. The van der Waals surface area contributed by atoms with Gasteiger partial charge < -0.3 is 15.4 Å². The fourth-order valence-electron chi connectivity index (χ4n) is 2.00. The molecule has 112 valence electrons. The van der Waals surface area contributed by atoms with Crippen LogP contribution in [0, 0.1) is 11.3 Å². The van der Waals surface area contributed by atoms with E-state index in [-0.39, 0.29) is 17.9 Å². The molecular formula is C16H21N3O2. The standard InChI is InChI=1S/C16H21N3O2/c1-4-19(5-2)13-9-7-12(8-10-13)15(18)14(11-17)16(20)21-6-3/h7-10H,4-6,18H2,1-3H3/b15-14-. The molecule has 21 heavy (non-hydrogen) atoms. The first kappa shape index (κ1) is 16.6. The summed E-state index contributed by atoms with van der Waals surface area (Å²) >= 11 is 0. The minimum atomic E-state index is -0.690. The van der Waals surface area contributed by atoms with Crippen LogP contribution in [-0.2, 0) is 9.53 Å². The Balaban J connectivity index is 3.10. The van der Waals surface area contributed by atoms with Crippen LogP contribution in [0.3, 0.4) is 0 Å². The van der Waals surface area contributed by atoms with Crippen molar-refractivity contribution < 1.29 is 9.53 Å². The lowest BCUT2D eigenvalue weighted by molar-refractivity contribution is -0.137. The fraction of sp³-hybridized carbons (Fsp3) is 0.375. The third kappa shape index (κ3) is 3.99. The largest absolute Gasteiger partial charge is 0.462 e. The Hall–Kier alpha value is -2.48. The number of anilines is 1. The van der Waals surface area contributed by atoms with Crippen LogP contribution in [0.5, 0.6) is 0 Å². The van der Waals surface area contributed by atoms with Crippen LogP contribution in [-0.4, -0.2) is 25.7 Å². The Morgan fingerprint density at radius 2 is 1.81 bits per heavy atom. The molecule has 0 aromatic heterocycles. The molecule has 0 fully saturated rings. The van der Waals surface area contributed by atoms with Crippen molar-refractivity contribution in [2.24, 2.45) is 5.73 Å². The summed E-state index contributed by atoms with van der Waals surface area (Å²) in [6.07, 6.45) is 0. The summed E-state index contributed by atoms with van der Waals surface area (Å²) in [5.74, 6) is -0.690. The molecule has 0 aliphatic rings. The predicted molar refractivity (Wildman–Crippen MR) is 83.4 cm³/mol. The monoisotopic (exact) mass is 287 g/mol. The summed E-state index contributed by atoms with van der Waals surface area (Å²) in [5.41, 5.74) is 7.61. The summed E-state index contributed by atoms with van der Waals surface area (Å²) in [6, 6.07) is 9.28. The van der Waals surface area contributed by atoms with E-state index in [1.54, 1.807) is 19.1 Å². The SMILES string of the molecule is CCOC(=O)/C(C#N)=C(\N)c1ccc(N(CC)CC)cc1. The molecule has 0 heterocycles. The summed E-state index contributed by atoms with van der Waals surface area (Å²) in [4.78, 5) is 13.9. The minimum absolute atomic E-state index is 0.141. The number of esters is 1. The van der Waals surface area contributed by atoms with Crippen LogP contribution in [0.1, 0.15) is 26.3 Å². The molecule has 0 bridgehead atoms. The molecular weight excluding hydrogens is 266 g/mol. The molecule has 1 aromatic carbocycles. The maximum Gasteiger partial charge on any atom is 0.351 e. The zero-order valence-electron chi connectivity index (χ0n) is 12.7. The number of hydrogen-bond acceptors (Lipinski definition) is 5. The highest BCUT2D eigenvalue weighted by Gasteiger charge is 2.16. The summed E-state index contributed by atoms with van der Waals surface area (Å²) in [5, 5.41) is 9.08. The second-order valence-corrected chi connectivity index (χ2v) is 4.34. The molecule has 5 heteroatoms. The second-order valence-electron chi connectivity index (χ2n) is 4.34. The van der Waals surface area contributed by atoms with E-state index in [4.69, 9.17) is 15.7 Å². The van der Waals surface area contributed by atoms with Gasteiger partial charge >= 0.3 is 5.97 Å². The van der Waals surface area contributed by atoms with Gasteiger partial charge in [0.05, 0.1) is 12.3 Å². The highest BCUT2D eigenvalue weighted by Crippen LogP contribution is 2.20. The van der Waals surface area contributed by atoms with Crippen LogP contribution >= 0.6 is 0 Å². The second kappa shape index (κ2) is 7.95. The van der Waals surface area contributed by atoms with Crippen molar-refractivity contribution in [3.8, 4) is 6.07 Å². The van der Waals surface area contributed by atoms with Gasteiger partial charge in [0, 0.05) is 18.8 Å². The van der Waals surface area contributed by atoms with Crippen molar-refractivity contribution in [2.75, 3.05) is 24.6 Å². The Morgan fingerprint density at radius 1 is 1.24 bits per heavy atom. The third-order valence-electron chi connectivity index (χ3n) is 3.17. The zero-order chi connectivity index (χ0) is 15.8. The number of carbonyl (C=O) groups is 1. The molecule has 0 aliphatic carbocycles. The number of hydrogen-bond donors (Lipinski definition) is 1. The average molecular weight is 287 g/mol. The third-order valence-corrected chi connectivity index (χ3v) is 3.17. The first-order chi connectivity index (χ1) is 10.1. The molecule has 0 atom stereocenters. The average Bonchev–Trinajstić information content (AvgIpc) is 2.50. The van der Waals surface area contributed by atoms with Gasteiger partial charge in [0.25, 0.3) is 0 Å². The molecule has 0 spiro atoms. The van der Waals surface area contributed by atoms with Crippen LogP contribution in [0.15, 0.2) is 29.8 Å². The first-order valence-electron chi connectivity index (χ1n) is 7.01. The number of nitrogens with two attached hydrogens (primary N) is 1. The van der Waals surface area contributed by atoms with Crippen molar-refractivity contribution in [3.63, 3.8) is 0 Å². The Morgan fingerprint density at radius 3 is 2.24 bits per heavy atom. The fourth-order valence-corrected chi connectivity index (χ4v) is 2.00. The van der Waals surface area contributed by atoms with E-state index in [9.17, 15) is 4.79 Å². The van der Waals surface area contributed by atoms with Crippen molar-refractivity contribution in [2.45, 2.75) is 20.8 Å². The van der Waals surface area contributed by atoms with Crippen LogP contribution < -0.4 is 10.6 Å². The minimum Gasteiger partial charge on any atom is -0.462 e. The van der Waals surface area contributed by atoms with Gasteiger partial charge in [-0.2, -0.15) is 5.26 Å². The number of nitrogens with zero attached hydrogens (tertiary/aromatic N) is 2. The zero-order valence-corrected chi connectivity index (χ0v) is 12.7. The van der Waals surface area contributed by atoms with E-state index in [2.05, 4.69) is 18.7 Å². The normalized spacial score (nSPS) is 11.3. The molecule has 0 saturated heterocycles. The van der Waals surface area contributed by atoms with E-state index in [0.717, 1.165) is 18.8 Å². The molecule has 0 saturated carbocycles. The van der Waals surface area contributed by atoms with E-state index in [1.807, 2.05) is 18.2 Å². The van der Waals surface area contributed by atoms with Gasteiger partial charge in [0.1, 0.15) is 6.07 Å². The van der Waals surface area contributed by atoms with Gasteiger partial charge in [-0.05, 0) is 38.5 Å². The summed E-state index contributed by atoms with van der Waals surface area (Å²) in [6.45, 7) is 7.88. The maximum atomic E-state index is 11.7. The van der Waals surface area contributed by atoms with Crippen molar-refractivity contribution >= 4 is 17.4 Å². The van der Waals surface area contributed by atoms with Gasteiger partial charge in [-0.3, -0.25) is 0 Å². The Labute approximate surface area is 125 Å². The van der Waals surface area contributed by atoms with Crippen molar-refractivity contribution in [1.82, 2.24) is 0 Å². The molecule has 0 radical (unpaired) electrons. The lowest BCUT2D eigenvalue weighted by Crippen LogP contribution is -2.21. The summed E-state index contributed by atoms with van der Waals surface area (Å²) in [7, 11) is 0. The van der Waals surface area contributed by atoms with E-state index in [0.29, 0.717) is 5.56 Å². The molecule has 0 aliphatic heterocycles. The topological polar surface area (TPSA) is 79.3 Å². The van der Waals surface area contributed by atoms with Gasteiger partial charge in [0.2, 0.25) is 0 Å².